The number of aryl methyl sites for hydroxylation is 2. The van der Waals surface area contributed by atoms with Crippen LogP contribution in [0.5, 0.6) is 0 Å². The third-order valence-electron chi connectivity index (χ3n) is 5.11. The summed E-state index contributed by atoms with van der Waals surface area (Å²) >= 11 is 0. The molecule has 0 bridgehead atoms. The molecule has 1 aromatic carbocycles. The van der Waals surface area contributed by atoms with Gasteiger partial charge in [-0.1, -0.05) is 6.08 Å². The number of benzene rings is 1. The van der Waals surface area contributed by atoms with Crippen molar-refractivity contribution in [1.29, 1.82) is 0 Å². The average Bonchev–Trinajstić information content (AvgIpc) is 3.33. The summed E-state index contributed by atoms with van der Waals surface area (Å²) in [6.07, 6.45) is 6.95. The molecule has 3 heterocycles. The normalized spacial score (nSPS) is 11.3. The topological polar surface area (TPSA) is 91.7 Å². The van der Waals surface area contributed by atoms with E-state index in [0.717, 1.165) is 22.2 Å². The van der Waals surface area contributed by atoms with Gasteiger partial charge in [0.15, 0.2) is 0 Å². The highest BCUT2D eigenvalue weighted by Gasteiger charge is 2.17. The van der Waals surface area contributed by atoms with Crippen LogP contribution in [0.1, 0.15) is 5.56 Å². The number of carbonyl (C=O) groups is 1. The van der Waals surface area contributed by atoms with E-state index in [1.807, 2.05) is 31.3 Å². The number of hydrogen-bond acceptors (Lipinski definition) is 5. The Kier molecular flexibility index (Phi) is 5.83. The van der Waals surface area contributed by atoms with Crippen molar-refractivity contribution in [3.63, 3.8) is 0 Å². The summed E-state index contributed by atoms with van der Waals surface area (Å²) in [5.74, 6) is -0.682. The molecule has 3 aromatic heterocycles. The molecule has 0 saturated carbocycles. The summed E-state index contributed by atoms with van der Waals surface area (Å²) in [6.45, 7) is 6.22. The van der Waals surface area contributed by atoms with E-state index in [1.54, 1.807) is 36.1 Å². The molecule has 0 aliphatic heterocycles. The van der Waals surface area contributed by atoms with Crippen LogP contribution in [0.3, 0.4) is 0 Å². The summed E-state index contributed by atoms with van der Waals surface area (Å²) in [5, 5.41) is 15.1. The molecule has 8 nitrogen and oxygen atoms in total. The maximum atomic E-state index is 15.1. The van der Waals surface area contributed by atoms with Crippen molar-refractivity contribution in [2.45, 2.75) is 6.92 Å². The van der Waals surface area contributed by atoms with Crippen molar-refractivity contribution in [3.05, 3.63) is 60.8 Å². The molecule has 0 aliphatic rings. The minimum Gasteiger partial charge on any atom is -0.325 e. The molecule has 164 valence electrons. The van der Waals surface area contributed by atoms with Crippen LogP contribution >= 0.6 is 0 Å². The number of H-pyrrole nitrogens is 1. The fourth-order valence-electron chi connectivity index (χ4n) is 3.69. The van der Waals surface area contributed by atoms with Gasteiger partial charge in [-0.15, -0.1) is 6.58 Å². The second-order valence-electron chi connectivity index (χ2n) is 7.77. The van der Waals surface area contributed by atoms with E-state index >= 15 is 4.39 Å². The lowest BCUT2D eigenvalue weighted by Crippen LogP contribution is -2.30. The second-order valence-corrected chi connectivity index (χ2v) is 7.77. The Labute approximate surface area is 184 Å². The van der Waals surface area contributed by atoms with Crippen LogP contribution in [-0.4, -0.2) is 55.9 Å². The van der Waals surface area contributed by atoms with Gasteiger partial charge in [-0.05, 0) is 37.7 Å². The Morgan fingerprint density at radius 3 is 2.84 bits per heavy atom. The number of aromatic amines is 1. The van der Waals surface area contributed by atoms with E-state index in [9.17, 15) is 4.79 Å². The lowest BCUT2D eigenvalue weighted by atomic mass is 10.0. The van der Waals surface area contributed by atoms with Crippen molar-refractivity contribution in [3.8, 4) is 22.5 Å². The van der Waals surface area contributed by atoms with Crippen molar-refractivity contribution in [1.82, 2.24) is 29.9 Å². The van der Waals surface area contributed by atoms with Crippen LogP contribution < -0.4 is 5.32 Å². The Balaban J connectivity index is 1.65. The Morgan fingerprint density at radius 2 is 2.16 bits per heavy atom. The molecule has 9 heteroatoms. The van der Waals surface area contributed by atoms with Crippen LogP contribution in [-0.2, 0) is 11.8 Å². The predicted molar refractivity (Wildman–Crippen MR) is 123 cm³/mol. The number of fused-ring (bicyclic) bond motifs is 1. The summed E-state index contributed by atoms with van der Waals surface area (Å²) in [7, 11) is 3.65. The molecule has 1 amide bonds. The zero-order chi connectivity index (χ0) is 22.8. The minimum atomic E-state index is -0.460. The molecule has 0 atom stereocenters. The van der Waals surface area contributed by atoms with Gasteiger partial charge in [0.05, 0.1) is 30.1 Å². The van der Waals surface area contributed by atoms with E-state index in [4.69, 9.17) is 0 Å². The zero-order valence-electron chi connectivity index (χ0n) is 18.2. The smallest absolute Gasteiger partial charge is 0.238 e. The number of amides is 1. The summed E-state index contributed by atoms with van der Waals surface area (Å²) in [4.78, 5) is 18.5. The van der Waals surface area contributed by atoms with Crippen molar-refractivity contribution < 1.29 is 9.18 Å². The molecule has 0 fully saturated rings. The average molecular weight is 433 g/mol. The fraction of sp³-hybridized carbons (Fsp3) is 0.217. The number of nitrogens with one attached hydrogen (secondary N) is 2. The van der Waals surface area contributed by atoms with E-state index in [2.05, 4.69) is 32.2 Å². The highest BCUT2D eigenvalue weighted by Crippen LogP contribution is 2.32. The molecular formula is C23H24FN7O. The zero-order valence-corrected chi connectivity index (χ0v) is 18.2. The van der Waals surface area contributed by atoms with Crippen LogP contribution in [0.4, 0.5) is 10.1 Å². The first-order valence-electron chi connectivity index (χ1n) is 10.1. The largest absolute Gasteiger partial charge is 0.325 e. The number of carbonyl (C=O) groups excluding carboxylic acids is 1. The number of likely N-dealkylation sites (N-methyl/N-ethyl adjacent to an activating group) is 1. The second kappa shape index (κ2) is 8.72. The molecule has 0 saturated heterocycles. The lowest BCUT2D eigenvalue weighted by molar-refractivity contribution is -0.116. The van der Waals surface area contributed by atoms with Gasteiger partial charge >= 0.3 is 0 Å². The molecule has 0 radical (unpaired) electrons. The molecule has 4 rings (SSSR count). The number of halogens is 1. The molecule has 0 spiro atoms. The van der Waals surface area contributed by atoms with Crippen LogP contribution in [0, 0.1) is 12.7 Å². The SMILES string of the molecule is C=CCN(C)CC(=O)Nc1cc(C)c(-c2cc3c(-c4cnn(C)c4)n[nH]c3cn2)c(F)c1. The van der Waals surface area contributed by atoms with Crippen LogP contribution in [0.15, 0.2) is 49.4 Å². The van der Waals surface area contributed by atoms with E-state index in [0.29, 0.717) is 29.1 Å². The summed E-state index contributed by atoms with van der Waals surface area (Å²) in [5.41, 5.74) is 4.27. The standard InChI is InChI=1S/C23H24FN7O/c1-5-6-30(3)13-21(32)27-16-7-14(2)22(18(24)8-16)19-9-17-20(11-25-19)28-29-23(17)15-10-26-31(4)12-15/h5,7-12H,1,6,13H2,2-4H3,(H,27,32)(H,28,29). The molecule has 4 aromatic rings. The first-order chi connectivity index (χ1) is 15.4. The number of aromatic nitrogens is 5. The summed E-state index contributed by atoms with van der Waals surface area (Å²) < 4.78 is 16.8. The van der Waals surface area contributed by atoms with Gasteiger partial charge < -0.3 is 5.32 Å². The first kappa shape index (κ1) is 21.4. The van der Waals surface area contributed by atoms with E-state index < -0.39 is 5.82 Å². The Morgan fingerprint density at radius 1 is 1.34 bits per heavy atom. The number of anilines is 1. The van der Waals surface area contributed by atoms with Gasteiger partial charge in [-0.25, -0.2) is 4.39 Å². The van der Waals surface area contributed by atoms with E-state index in [-0.39, 0.29) is 12.5 Å². The van der Waals surface area contributed by atoms with Gasteiger partial charge in [-0.2, -0.15) is 10.2 Å². The van der Waals surface area contributed by atoms with Crippen molar-refractivity contribution in [2.75, 3.05) is 25.5 Å². The predicted octanol–water partition coefficient (Wildman–Crippen LogP) is 3.53. The molecule has 32 heavy (non-hydrogen) atoms. The maximum absolute atomic E-state index is 15.1. The summed E-state index contributed by atoms with van der Waals surface area (Å²) in [6, 6.07) is 4.87. The van der Waals surface area contributed by atoms with Gasteiger partial charge in [0.2, 0.25) is 5.91 Å². The maximum Gasteiger partial charge on any atom is 0.238 e. The molecule has 0 unspecified atom stereocenters. The van der Waals surface area contributed by atoms with Crippen LogP contribution in [0.25, 0.3) is 33.4 Å². The molecule has 2 N–H and O–H groups in total. The number of pyridine rings is 1. The highest BCUT2D eigenvalue weighted by atomic mass is 19.1. The van der Waals surface area contributed by atoms with Crippen molar-refractivity contribution in [2.24, 2.45) is 7.05 Å². The quantitative estimate of drug-likeness (QED) is 0.435. The van der Waals surface area contributed by atoms with Crippen LogP contribution in [0.2, 0.25) is 0 Å². The molecular weight excluding hydrogens is 409 g/mol. The third kappa shape index (κ3) is 4.28. The van der Waals surface area contributed by atoms with Gasteiger partial charge in [0.1, 0.15) is 11.5 Å². The first-order valence-corrected chi connectivity index (χ1v) is 10.1. The monoisotopic (exact) mass is 433 g/mol. The van der Waals surface area contributed by atoms with Crippen molar-refractivity contribution >= 4 is 22.5 Å². The Hall–Kier alpha value is -3.85. The van der Waals surface area contributed by atoms with Gasteiger partial charge in [-0.3, -0.25) is 24.5 Å². The Bertz CT molecular complexity index is 1280. The van der Waals surface area contributed by atoms with E-state index in [1.165, 1.54) is 6.07 Å². The van der Waals surface area contributed by atoms with Gasteiger partial charge in [0.25, 0.3) is 0 Å². The lowest BCUT2D eigenvalue weighted by Gasteiger charge is -2.15. The highest BCUT2D eigenvalue weighted by molar-refractivity contribution is 5.95. The number of rotatable bonds is 7. The van der Waals surface area contributed by atoms with Gasteiger partial charge in [0, 0.05) is 42.0 Å². The minimum absolute atomic E-state index is 0.185. The fourth-order valence-corrected chi connectivity index (χ4v) is 3.69. The molecule has 0 aliphatic carbocycles. The third-order valence-corrected chi connectivity index (χ3v) is 5.11. The number of hydrogen-bond donors (Lipinski definition) is 2. The number of nitrogens with zero attached hydrogens (tertiary/aromatic N) is 5.